The average molecular weight is 490 g/mol. The van der Waals surface area contributed by atoms with Crippen LogP contribution in [0.25, 0.3) is 0 Å². The highest BCUT2D eigenvalue weighted by Crippen LogP contribution is 2.57. The number of rotatable bonds is 4. The molecule has 3 atom stereocenters. The number of hydrogen-bond donors (Lipinski definition) is 2. The molecular weight excluding hydrogens is 473 g/mol. The van der Waals surface area contributed by atoms with E-state index in [0.29, 0.717) is 5.56 Å². The molecular formula is C21H17Cl2F4N3O2. The van der Waals surface area contributed by atoms with E-state index in [2.05, 4.69) is 5.32 Å². The number of hydrogen-bond acceptors (Lipinski definition) is 3. The third kappa shape index (κ3) is 3.52. The molecule has 3 N–H and O–H groups in total. The Morgan fingerprint density at radius 1 is 1.25 bits per heavy atom. The minimum atomic E-state index is -4.51. The molecule has 2 aromatic carbocycles. The number of nitrogens with two attached hydrogens (primary N) is 1. The smallest absolute Gasteiger partial charge is 0.369 e. The van der Waals surface area contributed by atoms with Gasteiger partial charge in [-0.25, -0.2) is 4.39 Å². The zero-order chi connectivity index (χ0) is 23.4. The van der Waals surface area contributed by atoms with Gasteiger partial charge in [0.05, 0.1) is 17.4 Å². The SMILES string of the molecule is NC(=O)[C@@H]1CN(CCC(F)(F)F)[C@@]2(C(=O)Nc3cc(Cl)ccc32)[C@H]1c1cccc(Cl)c1F. The molecule has 0 unspecified atom stereocenters. The summed E-state index contributed by atoms with van der Waals surface area (Å²) in [6.45, 7) is -0.862. The van der Waals surface area contributed by atoms with Crippen LogP contribution in [0.15, 0.2) is 36.4 Å². The Kier molecular flexibility index (Phi) is 5.63. The molecule has 2 aliphatic rings. The van der Waals surface area contributed by atoms with Gasteiger partial charge in [0.15, 0.2) is 0 Å². The van der Waals surface area contributed by atoms with E-state index < -0.39 is 54.1 Å². The van der Waals surface area contributed by atoms with Crippen LogP contribution < -0.4 is 11.1 Å². The first kappa shape index (κ1) is 22.8. The van der Waals surface area contributed by atoms with Crippen molar-refractivity contribution >= 4 is 40.7 Å². The Morgan fingerprint density at radius 3 is 2.62 bits per heavy atom. The minimum absolute atomic E-state index is 0.0752. The maximum Gasteiger partial charge on any atom is 0.390 e. The Hall–Kier alpha value is -2.36. The van der Waals surface area contributed by atoms with Gasteiger partial charge in [0.25, 0.3) is 0 Å². The number of nitrogens with one attached hydrogen (secondary N) is 1. The van der Waals surface area contributed by atoms with Crippen molar-refractivity contribution in [1.29, 1.82) is 0 Å². The van der Waals surface area contributed by atoms with Gasteiger partial charge in [0.2, 0.25) is 11.8 Å². The maximum absolute atomic E-state index is 15.2. The largest absolute Gasteiger partial charge is 0.390 e. The number of halogens is 6. The van der Waals surface area contributed by atoms with Crippen molar-refractivity contribution in [3.63, 3.8) is 0 Å². The fraction of sp³-hybridized carbons (Fsp3) is 0.333. The van der Waals surface area contributed by atoms with Crippen LogP contribution >= 0.6 is 23.2 Å². The molecule has 0 aliphatic carbocycles. The van der Waals surface area contributed by atoms with Crippen LogP contribution in [0.5, 0.6) is 0 Å². The summed E-state index contributed by atoms with van der Waals surface area (Å²) < 4.78 is 54.5. The van der Waals surface area contributed by atoms with E-state index in [1.54, 1.807) is 0 Å². The Morgan fingerprint density at radius 2 is 1.97 bits per heavy atom. The van der Waals surface area contributed by atoms with E-state index in [1.807, 2.05) is 0 Å². The van der Waals surface area contributed by atoms with Crippen molar-refractivity contribution in [3.05, 3.63) is 63.4 Å². The predicted octanol–water partition coefficient (Wildman–Crippen LogP) is 4.43. The second-order valence-corrected chi connectivity index (χ2v) is 8.69. The summed E-state index contributed by atoms with van der Waals surface area (Å²) in [5.74, 6) is -4.78. The third-order valence-electron chi connectivity index (χ3n) is 6.10. The lowest BCUT2D eigenvalue weighted by atomic mass is 9.71. The molecule has 2 amide bonds. The number of likely N-dealkylation sites (tertiary alicyclic amines) is 1. The molecule has 11 heteroatoms. The lowest BCUT2D eigenvalue weighted by molar-refractivity contribution is -0.144. The topological polar surface area (TPSA) is 75.4 Å². The van der Waals surface area contributed by atoms with Gasteiger partial charge in [-0.05, 0) is 23.8 Å². The fourth-order valence-electron chi connectivity index (χ4n) is 4.88. The summed E-state index contributed by atoms with van der Waals surface area (Å²) in [7, 11) is 0. The van der Waals surface area contributed by atoms with E-state index in [0.717, 1.165) is 0 Å². The van der Waals surface area contributed by atoms with E-state index in [4.69, 9.17) is 28.9 Å². The third-order valence-corrected chi connectivity index (χ3v) is 6.63. The number of alkyl halides is 3. The molecule has 32 heavy (non-hydrogen) atoms. The number of carbonyl (C=O) groups excluding carboxylic acids is 2. The molecule has 1 saturated heterocycles. The van der Waals surface area contributed by atoms with Crippen molar-refractivity contribution in [2.45, 2.75) is 24.1 Å². The average Bonchev–Trinajstić information content (AvgIpc) is 3.18. The van der Waals surface area contributed by atoms with Crippen molar-refractivity contribution < 1.29 is 27.2 Å². The molecule has 1 fully saturated rings. The lowest BCUT2D eigenvalue weighted by Crippen LogP contribution is -2.51. The van der Waals surface area contributed by atoms with Gasteiger partial charge in [0, 0.05) is 35.3 Å². The van der Waals surface area contributed by atoms with Crippen LogP contribution in [0, 0.1) is 11.7 Å². The van der Waals surface area contributed by atoms with Gasteiger partial charge < -0.3 is 11.1 Å². The number of carbonyl (C=O) groups is 2. The summed E-state index contributed by atoms with van der Waals surface area (Å²) in [4.78, 5) is 27.1. The van der Waals surface area contributed by atoms with Crippen molar-refractivity contribution in [2.75, 3.05) is 18.4 Å². The first-order chi connectivity index (χ1) is 15.0. The summed E-state index contributed by atoms with van der Waals surface area (Å²) >= 11 is 12.0. The molecule has 0 radical (unpaired) electrons. The monoisotopic (exact) mass is 489 g/mol. The van der Waals surface area contributed by atoms with E-state index in [9.17, 15) is 22.8 Å². The van der Waals surface area contributed by atoms with Crippen LogP contribution in [0.3, 0.4) is 0 Å². The number of amides is 2. The second-order valence-electron chi connectivity index (χ2n) is 7.85. The number of anilines is 1. The van der Waals surface area contributed by atoms with Gasteiger partial charge in [0.1, 0.15) is 11.4 Å². The Balaban J connectivity index is 1.98. The minimum Gasteiger partial charge on any atom is -0.369 e. The van der Waals surface area contributed by atoms with Crippen molar-refractivity contribution in [2.24, 2.45) is 11.7 Å². The first-order valence-electron chi connectivity index (χ1n) is 9.63. The zero-order valence-corrected chi connectivity index (χ0v) is 17.9. The molecule has 2 aliphatic heterocycles. The van der Waals surface area contributed by atoms with Crippen molar-refractivity contribution in [1.82, 2.24) is 4.90 Å². The molecule has 0 aromatic heterocycles. The Bertz CT molecular complexity index is 1110. The summed E-state index contributed by atoms with van der Waals surface area (Å²) in [5.41, 5.74) is 4.29. The Labute approximate surface area is 190 Å². The fourth-order valence-corrected chi connectivity index (χ4v) is 5.23. The number of nitrogens with zero attached hydrogens (tertiary/aromatic N) is 1. The predicted molar refractivity (Wildman–Crippen MR) is 111 cm³/mol. The number of benzene rings is 2. The number of primary amides is 1. The van der Waals surface area contributed by atoms with Gasteiger partial charge >= 0.3 is 6.18 Å². The molecule has 0 saturated carbocycles. The molecule has 0 bridgehead atoms. The molecule has 4 rings (SSSR count). The highest BCUT2D eigenvalue weighted by atomic mass is 35.5. The van der Waals surface area contributed by atoms with Gasteiger partial charge in [-0.2, -0.15) is 13.2 Å². The zero-order valence-electron chi connectivity index (χ0n) is 16.3. The van der Waals surface area contributed by atoms with Gasteiger partial charge in [-0.3, -0.25) is 14.5 Å². The quantitative estimate of drug-likeness (QED) is 0.623. The molecule has 2 aromatic rings. The molecule has 2 heterocycles. The van der Waals surface area contributed by atoms with Gasteiger partial charge in [-0.15, -0.1) is 0 Å². The highest BCUT2D eigenvalue weighted by molar-refractivity contribution is 6.31. The normalized spacial score (nSPS) is 25.2. The number of fused-ring (bicyclic) bond motifs is 2. The van der Waals surface area contributed by atoms with E-state index in [-0.39, 0.29) is 27.8 Å². The maximum atomic E-state index is 15.2. The van der Waals surface area contributed by atoms with E-state index in [1.165, 1.54) is 41.3 Å². The highest BCUT2D eigenvalue weighted by Gasteiger charge is 2.65. The van der Waals surface area contributed by atoms with E-state index >= 15 is 4.39 Å². The summed E-state index contributed by atoms with van der Waals surface area (Å²) in [6, 6.07) is 8.53. The standard InChI is InChI=1S/C21H17Cl2F4N3O2/c22-10-4-5-13-15(8-10)29-19(32)21(13)16(11-2-1-3-14(23)17(11)24)12(18(28)31)9-30(21)7-6-20(25,26)27/h1-5,8,12,16H,6-7,9H2,(H2,28,31)(H,29,32)/t12-,16+,21-/m1/s1. The molecule has 1 spiro atoms. The second kappa shape index (κ2) is 7.90. The van der Waals surface area contributed by atoms with Crippen LogP contribution in [-0.4, -0.2) is 36.0 Å². The van der Waals surface area contributed by atoms with Crippen molar-refractivity contribution in [3.8, 4) is 0 Å². The first-order valence-corrected chi connectivity index (χ1v) is 10.4. The van der Waals surface area contributed by atoms with Crippen LogP contribution in [0.4, 0.5) is 23.2 Å². The van der Waals surface area contributed by atoms with Crippen LogP contribution in [0.1, 0.15) is 23.5 Å². The van der Waals surface area contributed by atoms with Gasteiger partial charge in [-0.1, -0.05) is 41.4 Å². The molecule has 170 valence electrons. The molecule has 5 nitrogen and oxygen atoms in total. The summed E-state index contributed by atoms with van der Waals surface area (Å²) in [5, 5.41) is 2.68. The lowest BCUT2D eigenvalue weighted by Gasteiger charge is -2.38. The van der Waals surface area contributed by atoms with Crippen LogP contribution in [-0.2, 0) is 15.1 Å². The van der Waals surface area contributed by atoms with Crippen LogP contribution in [0.2, 0.25) is 10.0 Å². The summed E-state index contributed by atoms with van der Waals surface area (Å²) in [6.07, 6.45) is -5.75.